The summed E-state index contributed by atoms with van der Waals surface area (Å²) in [6.45, 7) is 11.6. The number of fused-ring (bicyclic) bond motifs is 2. The highest BCUT2D eigenvalue weighted by molar-refractivity contribution is 5.76. The Morgan fingerprint density at radius 3 is 2.70 bits per heavy atom. The Balaban J connectivity index is 1.36. The Bertz CT molecular complexity index is 648. The van der Waals surface area contributed by atoms with E-state index in [1.165, 1.54) is 15.4 Å². The van der Waals surface area contributed by atoms with E-state index in [0.717, 1.165) is 58.5 Å². The number of hydrogen-bond acceptors (Lipinski definition) is 5. The number of piperazine rings is 1. The van der Waals surface area contributed by atoms with Crippen molar-refractivity contribution in [2.24, 2.45) is 23.2 Å². The molecule has 0 unspecified atom stereocenters. The minimum atomic E-state index is -0.510. The van der Waals surface area contributed by atoms with Gasteiger partial charge in [0.2, 0.25) is 0 Å². The Labute approximate surface area is 180 Å². The molecule has 0 aromatic heterocycles. The van der Waals surface area contributed by atoms with Crippen LogP contribution in [-0.2, 0) is 14.3 Å². The van der Waals surface area contributed by atoms with E-state index in [2.05, 4.69) is 19.9 Å². The number of carbonyl (C=O) groups excluding carboxylic acids is 1. The van der Waals surface area contributed by atoms with Crippen LogP contribution in [0.5, 0.6) is 0 Å². The smallest absolute Gasteiger partial charge is 0.315 e. The minimum Gasteiger partial charge on any atom is -0.461 e. The molecule has 0 radical (unpaired) electrons. The number of rotatable bonds is 7. The number of allylic oxidation sites excluding steroid dienone is 1. The number of nitrogens with one attached hydrogen (secondary N) is 2. The fourth-order valence-corrected chi connectivity index (χ4v) is 6.40. The molecule has 4 aliphatic rings. The molecular weight excluding hydrogens is 384 g/mol. The first kappa shape index (κ1) is 22.2. The highest BCUT2D eigenvalue weighted by atomic mass is 16.6. The zero-order valence-corrected chi connectivity index (χ0v) is 18.6. The number of hydrogen-bond donors (Lipinski definition) is 4. The summed E-state index contributed by atoms with van der Waals surface area (Å²) in [4.78, 5) is 15.8. The van der Waals surface area contributed by atoms with E-state index < -0.39 is 6.10 Å². The lowest BCUT2D eigenvalue weighted by Gasteiger charge is -2.51. The number of aliphatic hydroxyl groups excluding tert-OH is 2. The Kier molecular flexibility index (Phi) is 6.85. The summed E-state index contributed by atoms with van der Waals surface area (Å²) in [6, 6.07) is 0. The maximum atomic E-state index is 12.8. The third-order valence-corrected chi connectivity index (χ3v) is 8.58. The second-order valence-electron chi connectivity index (χ2n) is 10.1. The maximum Gasteiger partial charge on any atom is 0.315 e. The van der Waals surface area contributed by atoms with Gasteiger partial charge in [0.15, 0.2) is 0 Å². The molecule has 2 heterocycles. The fourth-order valence-electron chi connectivity index (χ4n) is 6.40. The molecule has 0 aromatic carbocycles. The van der Waals surface area contributed by atoms with Crippen LogP contribution in [0, 0.1) is 23.2 Å². The van der Waals surface area contributed by atoms with Crippen LogP contribution in [0.1, 0.15) is 33.1 Å². The van der Waals surface area contributed by atoms with Gasteiger partial charge < -0.3 is 29.5 Å². The average Bonchev–Trinajstić information content (AvgIpc) is 3.04. The molecule has 170 valence electrons. The highest BCUT2D eigenvalue weighted by Gasteiger charge is 2.60. The molecule has 4 N–H and O–H groups in total. The number of aliphatic hydroxyl groups is 2. The van der Waals surface area contributed by atoms with Gasteiger partial charge in [-0.15, -0.1) is 0 Å². The first-order valence-electron chi connectivity index (χ1n) is 11.9. The predicted molar refractivity (Wildman–Crippen MR) is 111 cm³/mol. The van der Waals surface area contributed by atoms with Crippen molar-refractivity contribution in [3.63, 3.8) is 0 Å². The van der Waals surface area contributed by atoms with Crippen molar-refractivity contribution >= 4 is 5.97 Å². The fraction of sp³-hybridized carbons (Fsp3) is 0.870. The molecule has 4 rings (SSSR count). The van der Waals surface area contributed by atoms with Gasteiger partial charge >= 0.3 is 5.97 Å². The van der Waals surface area contributed by atoms with Crippen LogP contribution >= 0.6 is 0 Å². The number of esters is 1. The van der Waals surface area contributed by atoms with Gasteiger partial charge in [0.1, 0.15) is 44.7 Å². The molecule has 0 spiro atoms. The van der Waals surface area contributed by atoms with E-state index in [0.29, 0.717) is 19.1 Å². The van der Waals surface area contributed by atoms with Gasteiger partial charge in [0.25, 0.3) is 0 Å². The van der Waals surface area contributed by atoms with E-state index in [4.69, 9.17) is 14.6 Å². The molecule has 2 aliphatic heterocycles. The van der Waals surface area contributed by atoms with E-state index in [1.54, 1.807) is 0 Å². The zero-order chi connectivity index (χ0) is 21.3. The Morgan fingerprint density at radius 1 is 1.23 bits per heavy atom. The summed E-state index contributed by atoms with van der Waals surface area (Å²) in [6.07, 6.45) is 4.59. The van der Waals surface area contributed by atoms with Gasteiger partial charge in [-0.05, 0) is 18.8 Å². The molecule has 3 fully saturated rings. The first-order chi connectivity index (χ1) is 14.4. The molecule has 2 saturated heterocycles. The van der Waals surface area contributed by atoms with E-state index in [1.807, 2.05) is 0 Å². The quantitative estimate of drug-likeness (QED) is 0.217. The van der Waals surface area contributed by atoms with Gasteiger partial charge in [-0.25, -0.2) is 0 Å². The monoisotopic (exact) mass is 424 g/mol. The molecule has 30 heavy (non-hydrogen) atoms. The van der Waals surface area contributed by atoms with Crippen LogP contribution in [0.4, 0.5) is 0 Å². The predicted octanol–water partition coefficient (Wildman–Crippen LogP) is -1.94. The molecule has 7 heteroatoms. The molecule has 2 aliphatic carbocycles. The van der Waals surface area contributed by atoms with Gasteiger partial charge in [0, 0.05) is 17.8 Å². The lowest BCUT2D eigenvalue weighted by Crippen LogP contribution is -3.28. The number of carbonyl (C=O) groups is 1. The minimum absolute atomic E-state index is 0.0772. The second-order valence-corrected chi connectivity index (χ2v) is 10.1. The normalized spacial score (nSPS) is 43.5. The van der Waals surface area contributed by atoms with Crippen LogP contribution in [0.2, 0.25) is 0 Å². The standard InChI is InChI=1S/C23H38N2O5/c1-16-4-3-5-17-14-19-20(21(27)23(16,17)2)18(22(28)30-19)15-25-8-6-24(7-9-25)10-12-29-13-11-26/h5,16,18-21,26-27H,3-4,6-15H2,1-2H3/p+2/t16-,18+,19-,20-,21-,23-/m1/s1. The summed E-state index contributed by atoms with van der Waals surface area (Å²) in [5.74, 6) is 0.0588. The number of ether oxygens (including phenoxy) is 2. The third kappa shape index (κ3) is 4.07. The second kappa shape index (κ2) is 9.25. The van der Waals surface area contributed by atoms with Crippen molar-refractivity contribution in [3.05, 3.63) is 11.6 Å². The van der Waals surface area contributed by atoms with E-state index in [-0.39, 0.29) is 35.9 Å². The number of quaternary nitrogens is 2. The maximum absolute atomic E-state index is 12.8. The summed E-state index contributed by atoms with van der Waals surface area (Å²) < 4.78 is 11.2. The molecule has 1 saturated carbocycles. The Hall–Kier alpha value is -0.990. The largest absolute Gasteiger partial charge is 0.461 e. The van der Waals surface area contributed by atoms with Crippen molar-refractivity contribution < 1.29 is 34.3 Å². The topological polar surface area (TPSA) is 84.9 Å². The molecule has 0 aromatic rings. The van der Waals surface area contributed by atoms with Crippen molar-refractivity contribution in [1.29, 1.82) is 0 Å². The van der Waals surface area contributed by atoms with Gasteiger partial charge in [0.05, 0.1) is 32.5 Å². The van der Waals surface area contributed by atoms with Gasteiger partial charge in [-0.3, -0.25) is 4.79 Å². The molecular formula is C23H40N2O5+2. The summed E-state index contributed by atoms with van der Waals surface area (Å²) in [5.41, 5.74) is 1.08. The van der Waals surface area contributed by atoms with Crippen molar-refractivity contribution in [2.75, 3.05) is 59.1 Å². The molecule has 0 amide bonds. The third-order valence-electron chi connectivity index (χ3n) is 8.58. The SMILES string of the molecule is C[C@@H]1CCC=C2C[C@H]3OC(=O)[C@@H](C[NH+]4CC[NH+](CCOCCO)CC4)[C@H]3[C@@H](O)[C@@]21C. The van der Waals surface area contributed by atoms with E-state index in [9.17, 15) is 9.90 Å². The summed E-state index contributed by atoms with van der Waals surface area (Å²) >= 11 is 0. The summed E-state index contributed by atoms with van der Waals surface area (Å²) in [5, 5.41) is 20.3. The van der Waals surface area contributed by atoms with Crippen LogP contribution in [-0.4, -0.2) is 87.5 Å². The lowest BCUT2D eigenvalue weighted by molar-refractivity contribution is -1.01. The lowest BCUT2D eigenvalue weighted by atomic mass is 9.55. The van der Waals surface area contributed by atoms with E-state index >= 15 is 0 Å². The van der Waals surface area contributed by atoms with Crippen molar-refractivity contribution in [1.82, 2.24) is 0 Å². The van der Waals surface area contributed by atoms with Crippen molar-refractivity contribution in [3.8, 4) is 0 Å². The average molecular weight is 425 g/mol. The molecule has 6 atom stereocenters. The van der Waals surface area contributed by atoms with Gasteiger partial charge in [-0.2, -0.15) is 0 Å². The van der Waals surface area contributed by atoms with Crippen LogP contribution in [0.15, 0.2) is 11.6 Å². The molecule has 0 bridgehead atoms. The van der Waals surface area contributed by atoms with Crippen molar-refractivity contribution in [2.45, 2.75) is 45.3 Å². The Morgan fingerprint density at radius 2 is 1.97 bits per heavy atom. The summed E-state index contributed by atoms with van der Waals surface area (Å²) in [7, 11) is 0. The van der Waals surface area contributed by atoms with Crippen LogP contribution in [0.25, 0.3) is 0 Å². The zero-order valence-electron chi connectivity index (χ0n) is 18.6. The molecule has 7 nitrogen and oxygen atoms in total. The highest BCUT2D eigenvalue weighted by Crippen LogP contribution is 2.55. The first-order valence-corrected chi connectivity index (χ1v) is 11.9. The van der Waals surface area contributed by atoms with Gasteiger partial charge in [-0.1, -0.05) is 25.5 Å². The van der Waals surface area contributed by atoms with Crippen LogP contribution < -0.4 is 9.80 Å². The van der Waals surface area contributed by atoms with Crippen LogP contribution in [0.3, 0.4) is 0 Å².